The van der Waals surface area contributed by atoms with E-state index in [0.29, 0.717) is 22.7 Å². The van der Waals surface area contributed by atoms with Gasteiger partial charge in [0.2, 0.25) is 0 Å². The molecule has 0 aliphatic rings. The standard InChI is InChI=1S/C32H24N8/c33-29-17-19-31(27-7-3-1-5-25(27)29)39-37-23-13-9-21(10-14-23)35-36-22-11-15-24(16-12-22)38-40-32-20-18-30(34)26-6-2-4-8-28(26)32/h1-20H,33-34H2/b36-35+,39-37?,40-38?. The third-order valence-electron chi connectivity index (χ3n) is 6.40. The zero-order valence-electron chi connectivity index (χ0n) is 21.4. The molecule has 0 saturated heterocycles. The maximum absolute atomic E-state index is 6.08. The van der Waals surface area contributed by atoms with E-state index >= 15 is 0 Å². The number of nitrogen functional groups attached to an aromatic ring is 2. The van der Waals surface area contributed by atoms with Crippen molar-refractivity contribution < 1.29 is 0 Å². The Morgan fingerprint density at radius 3 is 0.950 bits per heavy atom. The molecule has 192 valence electrons. The van der Waals surface area contributed by atoms with Gasteiger partial charge in [-0.25, -0.2) is 0 Å². The first-order valence-corrected chi connectivity index (χ1v) is 12.6. The molecule has 8 heteroatoms. The Hall–Kier alpha value is -5.76. The van der Waals surface area contributed by atoms with Gasteiger partial charge in [-0.1, -0.05) is 48.5 Å². The predicted molar refractivity (Wildman–Crippen MR) is 162 cm³/mol. The Kier molecular flexibility index (Phi) is 6.71. The van der Waals surface area contributed by atoms with Crippen molar-refractivity contribution in [2.75, 3.05) is 11.5 Å². The van der Waals surface area contributed by atoms with Crippen LogP contribution >= 0.6 is 0 Å². The molecule has 8 nitrogen and oxygen atoms in total. The zero-order valence-corrected chi connectivity index (χ0v) is 21.4. The lowest BCUT2D eigenvalue weighted by atomic mass is 10.1. The minimum Gasteiger partial charge on any atom is -0.398 e. The van der Waals surface area contributed by atoms with Crippen LogP contribution in [-0.2, 0) is 0 Å². The number of benzene rings is 6. The highest BCUT2D eigenvalue weighted by atomic mass is 15.1. The molecule has 6 aromatic carbocycles. The molecule has 0 atom stereocenters. The lowest BCUT2D eigenvalue weighted by Gasteiger charge is -2.04. The second kappa shape index (κ2) is 10.9. The highest BCUT2D eigenvalue weighted by molar-refractivity contribution is 6.00. The second-order valence-corrected chi connectivity index (χ2v) is 9.07. The van der Waals surface area contributed by atoms with E-state index < -0.39 is 0 Å². The van der Waals surface area contributed by atoms with Gasteiger partial charge in [-0.15, -0.1) is 10.2 Å². The van der Waals surface area contributed by atoms with Gasteiger partial charge in [-0.05, 0) is 72.8 Å². The number of rotatable bonds is 6. The molecule has 0 heterocycles. The lowest BCUT2D eigenvalue weighted by Crippen LogP contribution is -1.86. The van der Waals surface area contributed by atoms with E-state index in [1.54, 1.807) is 0 Å². The molecule has 0 aliphatic carbocycles. The minimum absolute atomic E-state index is 0.705. The molecule has 4 N–H and O–H groups in total. The summed E-state index contributed by atoms with van der Waals surface area (Å²) in [6, 6.07) is 38.0. The summed E-state index contributed by atoms with van der Waals surface area (Å²) in [7, 11) is 0. The summed E-state index contributed by atoms with van der Waals surface area (Å²) < 4.78 is 0. The van der Waals surface area contributed by atoms with Crippen molar-refractivity contribution >= 4 is 67.0 Å². The second-order valence-electron chi connectivity index (χ2n) is 9.07. The minimum atomic E-state index is 0.705. The number of nitrogens with zero attached hydrogens (tertiary/aromatic N) is 6. The van der Waals surface area contributed by atoms with Crippen LogP contribution in [0.15, 0.2) is 152 Å². The maximum Gasteiger partial charge on any atom is 0.0936 e. The van der Waals surface area contributed by atoms with Crippen LogP contribution in [0.25, 0.3) is 21.5 Å². The Labute approximate surface area is 230 Å². The van der Waals surface area contributed by atoms with Crippen LogP contribution < -0.4 is 11.5 Å². The first kappa shape index (κ1) is 24.6. The summed E-state index contributed by atoms with van der Waals surface area (Å²) in [6.07, 6.45) is 0. The molecule has 0 spiro atoms. The van der Waals surface area contributed by atoms with Crippen molar-refractivity contribution in [1.82, 2.24) is 0 Å². The fourth-order valence-electron chi connectivity index (χ4n) is 4.30. The van der Waals surface area contributed by atoms with Crippen LogP contribution in [0.4, 0.5) is 45.5 Å². The molecule has 0 amide bonds. The van der Waals surface area contributed by atoms with Crippen LogP contribution in [0.3, 0.4) is 0 Å². The van der Waals surface area contributed by atoms with E-state index in [9.17, 15) is 0 Å². The Bertz CT molecular complexity index is 1770. The first-order chi connectivity index (χ1) is 19.6. The number of hydrogen-bond donors (Lipinski definition) is 2. The van der Waals surface area contributed by atoms with Crippen LogP contribution in [-0.4, -0.2) is 0 Å². The van der Waals surface area contributed by atoms with Crippen molar-refractivity contribution in [3.05, 3.63) is 121 Å². The van der Waals surface area contributed by atoms with E-state index in [-0.39, 0.29) is 0 Å². The molecule has 0 aromatic heterocycles. The highest BCUT2D eigenvalue weighted by Crippen LogP contribution is 2.33. The average molecular weight is 521 g/mol. The van der Waals surface area contributed by atoms with Crippen molar-refractivity contribution in [3.8, 4) is 0 Å². The summed E-state index contributed by atoms with van der Waals surface area (Å²) in [6.45, 7) is 0. The molecule has 40 heavy (non-hydrogen) atoms. The molecular weight excluding hydrogens is 496 g/mol. The van der Waals surface area contributed by atoms with Gasteiger partial charge in [0.1, 0.15) is 0 Å². The third-order valence-corrected chi connectivity index (χ3v) is 6.40. The number of hydrogen-bond acceptors (Lipinski definition) is 8. The van der Waals surface area contributed by atoms with E-state index in [1.807, 2.05) is 121 Å². The predicted octanol–water partition coefficient (Wildman–Crippen LogP) is 10.4. The molecular formula is C32H24N8. The Morgan fingerprint density at radius 1 is 0.300 bits per heavy atom. The fraction of sp³-hybridized carbons (Fsp3) is 0. The van der Waals surface area contributed by atoms with Gasteiger partial charge < -0.3 is 11.5 Å². The summed E-state index contributed by atoms with van der Waals surface area (Å²) in [4.78, 5) is 0. The zero-order chi connectivity index (χ0) is 27.3. The number of nitrogens with two attached hydrogens (primary N) is 2. The van der Waals surface area contributed by atoms with Crippen LogP contribution in [0.2, 0.25) is 0 Å². The first-order valence-electron chi connectivity index (χ1n) is 12.6. The van der Waals surface area contributed by atoms with E-state index in [0.717, 1.165) is 44.3 Å². The number of fused-ring (bicyclic) bond motifs is 2. The van der Waals surface area contributed by atoms with E-state index in [4.69, 9.17) is 11.5 Å². The molecule has 6 aromatic rings. The van der Waals surface area contributed by atoms with Gasteiger partial charge in [0, 0.05) is 32.9 Å². The topological polar surface area (TPSA) is 126 Å². The third kappa shape index (κ3) is 5.27. The van der Waals surface area contributed by atoms with Crippen molar-refractivity contribution in [1.29, 1.82) is 0 Å². The summed E-state index contributed by atoms with van der Waals surface area (Å²) in [5.74, 6) is 0. The van der Waals surface area contributed by atoms with E-state index in [1.165, 1.54) is 0 Å². The normalized spacial score (nSPS) is 11.9. The number of anilines is 2. The molecule has 0 radical (unpaired) electrons. The highest BCUT2D eigenvalue weighted by Gasteiger charge is 2.04. The summed E-state index contributed by atoms with van der Waals surface area (Å²) >= 11 is 0. The van der Waals surface area contributed by atoms with Crippen LogP contribution in [0, 0.1) is 0 Å². The van der Waals surface area contributed by atoms with E-state index in [2.05, 4.69) is 30.7 Å². The SMILES string of the molecule is Nc1ccc(N=Nc2ccc(/N=N/c3ccc(N=Nc4ccc(N)c5ccccc45)cc3)cc2)c2ccccc12. The molecule has 6 rings (SSSR count). The Balaban J connectivity index is 1.12. The van der Waals surface area contributed by atoms with Gasteiger partial charge in [-0.3, -0.25) is 0 Å². The molecule has 0 bridgehead atoms. The maximum atomic E-state index is 6.08. The lowest BCUT2D eigenvalue weighted by molar-refractivity contribution is 1.21. The quantitative estimate of drug-likeness (QED) is 0.167. The van der Waals surface area contributed by atoms with Crippen LogP contribution in [0.5, 0.6) is 0 Å². The van der Waals surface area contributed by atoms with Crippen molar-refractivity contribution in [2.45, 2.75) is 0 Å². The summed E-state index contributed by atoms with van der Waals surface area (Å²) in [5.41, 5.74) is 18.0. The molecule has 0 saturated carbocycles. The summed E-state index contributed by atoms with van der Waals surface area (Å²) in [5, 5.41) is 30.1. The van der Waals surface area contributed by atoms with Gasteiger partial charge in [0.15, 0.2) is 0 Å². The monoisotopic (exact) mass is 520 g/mol. The van der Waals surface area contributed by atoms with Gasteiger partial charge >= 0.3 is 0 Å². The van der Waals surface area contributed by atoms with Crippen molar-refractivity contribution in [3.63, 3.8) is 0 Å². The molecule has 0 aliphatic heterocycles. The largest absolute Gasteiger partial charge is 0.398 e. The van der Waals surface area contributed by atoms with Gasteiger partial charge in [-0.2, -0.15) is 20.5 Å². The van der Waals surface area contributed by atoms with Crippen molar-refractivity contribution in [2.24, 2.45) is 30.7 Å². The van der Waals surface area contributed by atoms with Gasteiger partial charge in [0.05, 0.1) is 34.1 Å². The number of azo groups is 3. The smallest absolute Gasteiger partial charge is 0.0936 e. The molecule has 0 fully saturated rings. The van der Waals surface area contributed by atoms with Gasteiger partial charge in [0.25, 0.3) is 0 Å². The average Bonchev–Trinajstić information content (AvgIpc) is 3.01. The Morgan fingerprint density at radius 2 is 0.600 bits per heavy atom. The molecule has 0 unspecified atom stereocenters. The van der Waals surface area contributed by atoms with Crippen LogP contribution in [0.1, 0.15) is 0 Å². The fourth-order valence-corrected chi connectivity index (χ4v) is 4.30.